The van der Waals surface area contributed by atoms with Crippen LogP contribution in [0, 0.1) is 5.82 Å². The third-order valence-corrected chi connectivity index (χ3v) is 1.61. The van der Waals surface area contributed by atoms with Gasteiger partial charge in [0.25, 0.3) is 0 Å². The second-order valence-corrected chi connectivity index (χ2v) is 2.90. The topological polar surface area (TPSA) is 46.5 Å². The van der Waals surface area contributed by atoms with Gasteiger partial charge in [0.15, 0.2) is 0 Å². The Kier molecular flexibility index (Phi) is 3.72. The maximum Gasteiger partial charge on any atom is 0.573 e. The average molecular weight is 250 g/mol. The van der Waals surface area contributed by atoms with Gasteiger partial charge in [0.2, 0.25) is 0 Å². The fourth-order valence-electron chi connectivity index (χ4n) is 1.02. The van der Waals surface area contributed by atoms with Crippen LogP contribution in [0.25, 0.3) is 6.08 Å². The van der Waals surface area contributed by atoms with Crippen LogP contribution in [-0.4, -0.2) is 17.4 Å². The molecule has 1 aromatic rings. The van der Waals surface area contributed by atoms with E-state index in [0.717, 1.165) is 18.2 Å². The van der Waals surface area contributed by atoms with Crippen molar-refractivity contribution in [1.82, 2.24) is 0 Å². The van der Waals surface area contributed by atoms with Crippen LogP contribution in [0.4, 0.5) is 17.6 Å². The number of ether oxygens (including phenoxy) is 1. The van der Waals surface area contributed by atoms with Gasteiger partial charge in [-0.05, 0) is 18.2 Å². The number of hydrogen-bond acceptors (Lipinski definition) is 2. The predicted octanol–water partition coefficient (Wildman–Crippen LogP) is 2.82. The van der Waals surface area contributed by atoms with Gasteiger partial charge in [0.05, 0.1) is 0 Å². The molecule has 0 saturated carbocycles. The number of carboxylic acids is 1. The molecule has 17 heavy (non-hydrogen) atoms. The van der Waals surface area contributed by atoms with Crippen molar-refractivity contribution in [3.05, 3.63) is 35.7 Å². The highest BCUT2D eigenvalue weighted by Gasteiger charge is 2.32. The van der Waals surface area contributed by atoms with E-state index in [4.69, 9.17) is 5.11 Å². The molecule has 3 nitrogen and oxygen atoms in total. The lowest BCUT2D eigenvalue weighted by Gasteiger charge is -2.11. The molecule has 0 saturated heterocycles. The first kappa shape index (κ1) is 13.0. The van der Waals surface area contributed by atoms with Crippen molar-refractivity contribution >= 4 is 12.0 Å². The summed E-state index contributed by atoms with van der Waals surface area (Å²) in [6, 6.07) is 2.40. The lowest BCUT2D eigenvalue weighted by molar-refractivity contribution is -0.274. The molecule has 0 bridgehead atoms. The summed E-state index contributed by atoms with van der Waals surface area (Å²) in [6.45, 7) is 0. The molecule has 92 valence electrons. The molecule has 0 atom stereocenters. The largest absolute Gasteiger partial charge is 0.573 e. The van der Waals surface area contributed by atoms with Gasteiger partial charge in [-0.15, -0.1) is 13.2 Å². The normalized spacial score (nSPS) is 11.8. The lowest BCUT2D eigenvalue weighted by atomic mass is 10.2. The van der Waals surface area contributed by atoms with Crippen LogP contribution in [0.3, 0.4) is 0 Å². The third kappa shape index (κ3) is 4.54. The van der Waals surface area contributed by atoms with Crippen LogP contribution in [0.1, 0.15) is 5.56 Å². The van der Waals surface area contributed by atoms with Gasteiger partial charge in [-0.25, -0.2) is 9.18 Å². The highest BCUT2D eigenvalue weighted by molar-refractivity contribution is 5.85. The molecule has 7 heteroatoms. The van der Waals surface area contributed by atoms with Gasteiger partial charge in [-0.2, -0.15) is 0 Å². The van der Waals surface area contributed by atoms with E-state index in [1.807, 2.05) is 0 Å². The summed E-state index contributed by atoms with van der Waals surface area (Å²) < 4.78 is 52.2. The van der Waals surface area contributed by atoms with Gasteiger partial charge in [-0.3, -0.25) is 0 Å². The summed E-state index contributed by atoms with van der Waals surface area (Å²) in [7, 11) is 0. The second kappa shape index (κ2) is 4.86. The Labute approximate surface area is 92.9 Å². The van der Waals surface area contributed by atoms with Crippen LogP contribution in [0.15, 0.2) is 24.3 Å². The molecule has 0 amide bonds. The Morgan fingerprint density at radius 3 is 2.53 bits per heavy atom. The maximum atomic E-state index is 12.7. The number of alkyl halides is 3. The van der Waals surface area contributed by atoms with E-state index < -0.39 is 23.9 Å². The molecular weight excluding hydrogens is 244 g/mol. The summed E-state index contributed by atoms with van der Waals surface area (Å²) >= 11 is 0. The van der Waals surface area contributed by atoms with E-state index in [2.05, 4.69) is 4.74 Å². The summed E-state index contributed by atoms with van der Waals surface area (Å²) in [4.78, 5) is 10.2. The summed E-state index contributed by atoms with van der Waals surface area (Å²) in [5, 5.41) is 8.33. The zero-order chi connectivity index (χ0) is 13.1. The molecule has 1 N–H and O–H groups in total. The molecule has 0 aromatic heterocycles. The lowest BCUT2D eigenvalue weighted by Crippen LogP contribution is -2.17. The zero-order valence-electron chi connectivity index (χ0n) is 8.16. The van der Waals surface area contributed by atoms with E-state index in [1.165, 1.54) is 0 Å². The van der Waals surface area contributed by atoms with Crippen LogP contribution < -0.4 is 4.74 Å². The monoisotopic (exact) mass is 250 g/mol. The van der Waals surface area contributed by atoms with Gasteiger partial charge >= 0.3 is 12.3 Å². The van der Waals surface area contributed by atoms with Crippen molar-refractivity contribution in [1.29, 1.82) is 0 Å². The molecule has 0 radical (unpaired) electrons. The molecule has 1 aromatic carbocycles. The third-order valence-electron chi connectivity index (χ3n) is 1.61. The van der Waals surface area contributed by atoms with Crippen molar-refractivity contribution in [2.24, 2.45) is 0 Å². The first-order valence-electron chi connectivity index (χ1n) is 4.24. The minimum Gasteiger partial charge on any atom is -0.478 e. The molecule has 0 aliphatic rings. The highest BCUT2D eigenvalue weighted by Crippen LogP contribution is 2.28. The van der Waals surface area contributed by atoms with Gasteiger partial charge in [-0.1, -0.05) is 0 Å². The molecule has 1 rings (SSSR count). The first-order valence-corrected chi connectivity index (χ1v) is 4.24. The quantitative estimate of drug-likeness (QED) is 0.662. The standard InChI is InChI=1S/C10H6F4O3/c11-7-3-1-6(2-4-9(15)16)8(5-7)17-10(12,13)14/h1-5H,(H,15,16)/b4-2+. The molecule has 0 aliphatic heterocycles. The van der Waals surface area contributed by atoms with Crippen LogP contribution in [-0.2, 0) is 4.79 Å². The summed E-state index contributed by atoms with van der Waals surface area (Å²) in [5.74, 6) is -3.06. The number of hydrogen-bond donors (Lipinski definition) is 1. The molecule has 0 spiro atoms. The van der Waals surface area contributed by atoms with E-state index >= 15 is 0 Å². The number of rotatable bonds is 3. The number of carboxylic acid groups (broad SMARTS) is 1. The predicted molar refractivity (Wildman–Crippen MR) is 49.8 cm³/mol. The second-order valence-electron chi connectivity index (χ2n) is 2.90. The van der Waals surface area contributed by atoms with Crippen molar-refractivity contribution in [3.63, 3.8) is 0 Å². The molecule has 0 aliphatic carbocycles. The average Bonchev–Trinajstić information content (AvgIpc) is 2.13. The first-order chi connectivity index (χ1) is 7.78. The molecule has 0 fully saturated rings. The number of aliphatic carboxylic acids is 1. The highest BCUT2D eigenvalue weighted by atomic mass is 19.4. The van der Waals surface area contributed by atoms with Gasteiger partial charge < -0.3 is 9.84 Å². The van der Waals surface area contributed by atoms with Crippen LogP contribution in [0.5, 0.6) is 5.75 Å². The number of carbonyl (C=O) groups is 1. The minimum absolute atomic E-state index is 0.189. The molecular formula is C10H6F4O3. The van der Waals surface area contributed by atoms with Crippen LogP contribution >= 0.6 is 0 Å². The van der Waals surface area contributed by atoms with Crippen molar-refractivity contribution in [2.45, 2.75) is 6.36 Å². The van der Waals surface area contributed by atoms with Crippen molar-refractivity contribution in [2.75, 3.05) is 0 Å². The number of benzene rings is 1. The van der Waals surface area contributed by atoms with E-state index in [-0.39, 0.29) is 5.56 Å². The maximum absolute atomic E-state index is 12.7. The zero-order valence-corrected chi connectivity index (χ0v) is 8.16. The van der Waals surface area contributed by atoms with E-state index in [1.54, 1.807) is 0 Å². The molecule has 0 unspecified atom stereocenters. The Balaban J connectivity index is 3.08. The minimum atomic E-state index is -4.97. The van der Waals surface area contributed by atoms with E-state index in [9.17, 15) is 22.4 Å². The SMILES string of the molecule is O=C(O)/C=C/c1ccc(F)cc1OC(F)(F)F. The van der Waals surface area contributed by atoms with Gasteiger partial charge in [0.1, 0.15) is 11.6 Å². The van der Waals surface area contributed by atoms with Crippen LogP contribution in [0.2, 0.25) is 0 Å². The Hall–Kier alpha value is -2.05. The van der Waals surface area contributed by atoms with Gasteiger partial charge in [0, 0.05) is 17.7 Å². The fourth-order valence-corrected chi connectivity index (χ4v) is 1.02. The Morgan fingerprint density at radius 1 is 1.35 bits per heavy atom. The van der Waals surface area contributed by atoms with Crippen molar-refractivity contribution in [3.8, 4) is 5.75 Å². The molecule has 0 heterocycles. The summed E-state index contributed by atoms with van der Waals surface area (Å²) in [6.07, 6.45) is -3.47. The number of halogens is 4. The Morgan fingerprint density at radius 2 is 2.00 bits per heavy atom. The Bertz CT molecular complexity index is 451. The smallest absolute Gasteiger partial charge is 0.478 e. The fraction of sp³-hybridized carbons (Fsp3) is 0.100. The van der Waals surface area contributed by atoms with Crippen molar-refractivity contribution < 1.29 is 32.2 Å². The van der Waals surface area contributed by atoms with E-state index in [0.29, 0.717) is 12.1 Å². The summed E-state index contributed by atoms with van der Waals surface area (Å²) in [5.41, 5.74) is -0.189.